The van der Waals surface area contributed by atoms with Gasteiger partial charge in [0.05, 0.1) is 45.7 Å². The molecule has 0 spiro atoms. The quantitative estimate of drug-likeness (QED) is 0.0978. The highest BCUT2D eigenvalue weighted by molar-refractivity contribution is 5.88. The van der Waals surface area contributed by atoms with Gasteiger partial charge in [-0.3, -0.25) is 4.79 Å². The third kappa shape index (κ3) is 6.78. The van der Waals surface area contributed by atoms with Gasteiger partial charge in [-0.15, -0.1) is 0 Å². The maximum Gasteiger partial charge on any atom is 0.229 e. The van der Waals surface area contributed by atoms with Crippen molar-refractivity contribution < 1.29 is 83.5 Å². The van der Waals surface area contributed by atoms with Gasteiger partial charge < -0.3 is 83.5 Å². The van der Waals surface area contributed by atoms with Gasteiger partial charge in [-0.25, -0.2) is 0 Å². The van der Waals surface area contributed by atoms with Crippen LogP contribution in [-0.2, 0) is 23.7 Å². The summed E-state index contributed by atoms with van der Waals surface area (Å²) in [6.07, 6.45) is -13.4. The molecule has 1 aromatic heterocycles. The van der Waals surface area contributed by atoms with Gasteiger partial charge in [-0.1, -0.05) is 12.1 Å². The number of aliphatic hydroxyl groups is 8. The molecule has 6 rings (SSSR count). The molecule has 3 saturated heterocycles. The predicted molar refractivity (Wildman–Crippen MR) is 164 cm³/mol. The van der Waals surface area contributed by atoms with Crippen molar-refractivity contribution in [1.29, 1.82) is 0 Å². The lowest BCUT2D eigenvalue weighted by Crippen LogP contribution is -2.60. The van der Waals surface area contributed by atoms with Gasteiger partial charge in [0, 0.05) is 12.1 Å². The highest BCUT2D eigenvalue weighted by Gasteiger charge is 2.53. The Bertz CT molecular complexity index is 1700. The van der Waals surface area contributed by atoms with Crippen LogP contribution in [0.2, 0.25) is 0 Å². The Morgan fingerprint density at radius 3 is 2.16 bits per heavy atom. The van der Waals surface area contributed by atoms with Crippen LogP contribution >= 0.6 is 0 Å². The van der Waals surface area contributed by atoms with Crippen molar-refractivity contribution in [3.05, 3.63) is 52.9 Å². The Morgan fingerprint density at radius 1 is 0.840 bits per heavy atom. The highest BCUT2D eigenvalue weighted by Crippen LogP contribution is 2.34. The molecule has 0 bridgehead atoms. The first-order valence-corrected chi connectivity index (χ1v) is 15.5. The third-order valence-electron chi connectivity index (χ3n) is 8.96. The van der Waals surface area contributed by atoms with Crippen molar-refractivity contribution in [2.45, 2.75) is 66.7 Å². The molecular formula is C32H38O18. The molecular weight excluding hydrogens is 672 g/mol. The summed E-state index contributed by atoms with van der Waals surface area (Å²) in [6.45, 7) is -2.93. The van der Waals surface area contributed by atoms with E-state index in [9.17, 15) is 50.8 Å². The number of aromatic hydroxyl groups is 1. The van der Waals surface area contributed by atoms with Gasteiger partial charge in [0.25, 0.3) is 0 Å². The standard InChI is InChI=1S/C32H38O18/c1-43-15-4-2-14(3-5-15)17-8-44-19-7-16(6-18(34)21(19)22(17)35)49-28-25(38)24(37)23(36)20(50-28)9-45-29-27(40)32(42,12-47-29)13-48-30-26(39)31(41,10-33)11-46-30/h2-8,20,23-30,33-34,36-42H,9-13H2,1H3. The summed E-state index contributed by atoms with van der Waals surface area (Å²) in [5.41, 5.74) is -3.92. The molecule has 0 amide bonds. The van der Waals surface area contributed by atoms with Crippen LogP contribution < -0.4 is 14.9 Å². The van der Waals surface area contributed by atoms with E-state index < -0.39 is 111 Å². The number of methoxy groups -OCH3 is 1. The zero-order valence-corrected chi connectivity index (χ0v) is 26.5. The topological polar surface area (TPSA) is 277 Å². The minimum Gasteiger partial charge on any atom is -0.507 e. The molecule has 3 aromatic rings. The van der Waals surface area contributed by atoms with Gasteiger partial charge in [0.2, 0.25) is 11.7 Å². The highest BCUT2D eigenvalue weighted by atomic mass is 16.7. The summed E-state index contributed by atoms with van der Waals surface area (Å²) in [7, 11) is 1.51. The lowest BCUT2D eigenvalue weighted by Gasteiger charge is -2.40. The van der Waals surface area contributed by atoms with E-state index in [4.69, 9.17) is 37.6 Å². The number of fused-ring (bicyclic) bond motifs is 1. The van der Waals surface area contributed by atoms with E-state index in [1.54, 1.807) is 24.3 Å². The average molecular weight is 711 g/mol. The van der Waals surface area contributed by atoms with E-state index in [1.807, 2.05) is 0 Å². The Balaban J connectivity index is 1.09. The molecule has 3 fully saturated rings. The average Bonchev–Trinajstić information content (AvgIpc) is 3.56. The van der Waals surface area contributed by atoms with Gasteiger partial charge in [0.15, 0.2) is 12.6 Å². The van der Waals surface area contributed by atoms with Crippen LogP contribution in [0.3, 0.4) is 0 Å². The summed E-state index contributed by atoms with van der Waals surface area (Å²) in [5, 5.41) is 93.5. The molecule has 274 valence electrons. The van der Waals surface area contributed by atoms with Crippen LogP contribution in [0.15, 0.2) is 51.9 Å². The Morgan fingerprint density at radius 2 is 1.50 bits per heavy atom. The van der Waals surface area contributed by atoms with E-state index in [1.165, 1.54) is 19.4 Å². The number of hydrogen-bond donors (Lipinski definition) is 9. The molecule has 18 heteroatoms. The van der Waals surface area contributed by atoms with Crippen molar-refractivity contribution in [1.82, 2.24) is 0 Å². The van der Waals surface area contributed by atoms with E-state index >= 15 is 0 Å². The first-order valence-electron chi connectivity index (χ1n) is 15.5. The monoisotopic (exact) mass is 710 g/mol. The molecule has 3 aliphatic heterocycles. The summed E-state index contributed by atoms with van der Waals surface area (Å²) in [4.78, 5) is 13.3. The Labute approximate surface area is 282 Å². The number of ether oxygens (including phenoxy) is 7. The second kappa shape index (κ2) is 14.3. The van der Waals surface area contributed by atoms with Crippen molar-refractivity contribution in [2.75, 3.05) is 40.1 Å². The van der Waals surface area contributed by atoms with Crippen LogP contribution in [0.25, 0.3) is 22.1 Å². The van der Waals surface area contributed by atoms with E-state index in [0.717, 1.165) is 6.07 Å². The zero-order chi connectivity index (χ0) is 36.0. The van der Waals surface area contributed by atoms with Gasteiger partial charge >= 0.3 is 0 Å². The first kappa shape index (κ1) is 36.3. The van der Waals surface area contributed by atoms with Crippen LogP contribution in [0.1, 0.15) is 0 Å². The summed E-state index contributed by atoms with van der Waals surface area (Å²) in [6, 6.07) is 8.98. The number of rotatable bonds is 11. The van der Waals surface area contributed by atoms with Crippen LogP contribution in [0.4, 0.5) is 0 Å². The van der Waals surface area contributed by atoms with E-state index in [0.29, 0.717) is 11.3 Å². The summed E-state index contributed by atoms with van der Waals surface area (Å²) >= 11 is 0. The van der Waals surface area contributed by atoms with E-state index in [-0.39, 0.29) is 22.3 Å². The molecule has 11 unspecified atom stereocenters. The second-order valence-corrected chi connectivity index (χ2v) is 12.4. The molecule has 18 nitrogen and oxygen atoms in total. The fourth-order valence-corrected chi connectivity index (χ4v) is 5.80. The molecule has 4 heterocycles. The minimum atomic E-state index is -2.07. The SMILES string of the molecule is COc1ccc(-c2coc3cc(OC4OC(COC5OCC(O)(COC6OCC(O)(CO)C6O)C5O)C(O)C(O)C4O)cc(O)c3c2=O)cc1. The third-order valence-corrected chi connectivity index (χ3v) is 8.96. The van der Waals surface area contributed by atoms with Crippen molar-refractivity contribution in [2.24, 2.45) is 0 Å². The fourth-order valence-electron chi connectivity index (χ4n) is 5.80. The molecule has 50 heavy (non-hydrogen) atoms. The fraction of sp³-hybridized carbons (Fsp3) is 0.531. The molecule has 11 atom stereocenters. The van der Waals surface area contributed by atoms with E-state index in [2.05, 4.69) is 0 Å². The van der Waals surface area contributed by atoms with Crippen molar-refractivity contribution in [3.63, 3.8) is 0 Å². The second-order valence-electron chi connectivity index (χ2n) is 12.4. The summed E-state index contributed by atoms with van der Waals surface area (Å²) in [5.74, 6) is -0.0523. The minimum absolute atomic E-state index is 0.0602. The lowest BCUT2D eigenvalue weighted by atomic mass is 9.99. The number of phenols is 1. The number of hydrogen-bond acceptors (Lipinski definition) is 18. The molecule has 9 N–H and O–H groups in total. The number of phenolic OH excluding ortho intramolecular Hbond substituents is 1. The van der Waals surface area contributed by atoms with Gasteiger partial charge in [-0.05, 0) is 17.7 Å². The molecule has 0 radical (unpaired) electrons. The van der Waals surface area contributed by atoms with Crippen LogP contribution in [-0.4, -0.2) is 153 Å². The number of aliphatic hydroxyl groups excluding tert-OH is 6. The Hall–Kier alpha value is -3.47. The normalized spacial score (nSPS) is 35.8. The van der Waals surface area contributed by atoms with Crippen LogP contribution in [0, 0.1) is 0 Å². The molecule has 3 aliphatic rings. The largest absolute Gasteiger partial charge is 0.507 e. The first-order chi connectivity index (χ1) is 23.8. The zero-order valence-electron chi connectivity index (χ0n) is 26.5. The predicted octanol–water partition coefficient (Wildman–Crippen LogP) is -2.72. The summed E-state index contributed by atoms with van der Waals surface area (Å²) < 4.78 is 43.4. The maximum absolute atomic E-state index is 13.3. The van der Waals surface area contributed by atoms with Crippen molar-refractivity contribution >= 4 is 11.0 Å². The van der Waals surface area contributed by atoms with Gasteiger partial charge in [0.1, 0.15) is 82.3 Å². The maximum atomic E-state index is 13.3. The molecule has 2 aromatic carbocycles. The van der Waals surface area contributed by atoms with Gasteiger partial charge in [-0.2, -0.15) is 0 Å². The molecule has 0 aliphatic carbocycles. The molecule has 0 saturated carbocycles. The lowest BCUT2D eigenvalue weighted by molar-refractivity contribution is -0.289. The Kier molecular flexibility index (Phi) is 10.4. The number of benzene rings is 2. The van der Waals surface area contributed by atoms with Crippen LogP contribution in [0.5, 0.6) is 17.2 Å². The van der Waals surface area contributed by atoms with Crippen molar-refractivity contribution in [3.8, 4) is 28.4 Å². The smallest absolute Gasteiger partial charge is 0.229 e.